The van der Waals surface area contributed by atoms with Gasteiger partial charge in [0.05, 0.1) is 32.3 Å². The van der Waals surface area contributed by atoms with Gasteiger partial charge >= 0.3 is 0 Å². The maximum atomic E-state index is 5.99. The number of hydrogen-bond acceptors (Lipinski definition) is 8. The molecular weight excluding hydrogens is 422 g/mol. The van der Waals surface area contributed by atoms with Crippen LogP contribution in [-0.4, -0.2) is 43.1 Å². The molecule has 7 nitrogen and oxygen atoms in total. The Balaban J connectivity index is 1.84. The third-order valence-electron chi connectivity index (χ3n) is 3.95. The van der Waals surface area contributed by atoms with Crippen LogP contribution in [0.25, 0.3) is 11.5 Å². The van der Waals surface area contributed by atoms with E-state index in [0.717, 1.165) is 15.8 Å². The number of thiophene rings is 1. The lowest BCUT2D eigenvalue weighted by atomic mass is 10.2. The summed E-state index contributed by atoms with van der Waals surface area (Å²) in [5.74, 6) is 1.90. The Morgan fingerprint density at radius 3 is 2.39 bits per heavy atom. The van der Waals surface area contributed by atoms with Gasteiger partial charge in [-0.15, -0.1) is 16.4 Å². The second kappa shape index (κ2) is 8.95. The van der Waals surface area contributed by atoms with Crippen molar-refractivity contribution in [1.82, 2.24) is 14.7 Å². The zero-order chi connectivity index (χ0) is 20.3. The van der Waals surface area contributed by atoms with Crippen molar-refractivity contribution in [2.45, 2.75) is 13.2 Å². The number of aromatic nitrogens is 2. The molecule has 0 atom stereocenters. The van der Waals surface area contributed by atoms with E-state index in [4.69, 9.17) is 42.4 Å². The fourth-order valence-electron chi connectivity index (χ4n) is 2.70. The Morgan fingerprint density at radius 1 is 1.18 bits per heavy atom. The minimum atomic E-state index is 0.278. The zero-order valence-electron chi connectivity index (χ0n) is 15.9. The number of ether oxygens (including phenoxy) is 3. The van der Waals surface area contributed by atoms with Crippen molar-refractivity contribution >= 4 is 35.2 Å². The molecule has 0 spiro atoms. The van der Waals surface area contributed by atoms with Crippen LogP contribution in [0.5, 0.6) is 17.2 Å². The van der Waals surface area contributed by atoms with Crippen LogP contribution in [0.3, 0.4) is 0 Å². The Morgan fingerprint density at radius 2 is 1.86 bits per heavy atom. The molecule has 0 N–H and O–H groups in total. The lowest BCUT2D eigenvalue weighted by Crippen LogP contribution is -2.22. The van der Waals surface area contributed by atoms with E-state index in [1.54, 1.807) is 49.5 Å². The van der Waals surface area contributed by atoms with Crippen molar-refractivity contribution in [1.29, 1.82) is 0 Å². The molecule has 0 radical (unpaired) electrons. The molecule has 2 aromatic heterocycles. The number of methoxy groups -OCH3 is 3. The van der Waals surface area contributed by atoms with Crippen molar-refractivity contribution < 1.29 is 18.6 Å². The third kappa shape index (κ3) is 4.49. The van der Waals surface area contributed by atoms with Gasteiger partial charge in [0.1, 0.15) is 0 Å². The van der Waals surface area contributed by atoms with Crippen molar-refractivity contribution in [2.24, 2.45) is 0 Å². The highest BCUT2D eigenvalue weighted by atomic mass is 35.5. The number of rotatable bonds is 8. The quantitative estimate of drug-likeness (QED) is 0.469. The van der Waals surface area contributed by atoms with E-state index < -0.39 is 0 Å². The summed E-state index contributed by atoms with van der Waals surface area (Å²) in [5.41, 5.74) is 0.673. The molecule has 0 amide bonds. The van der Waals surface area contributed by atoms with E-state index in [2.05, 4.69) is 10.00 Å². The van der Waals surface area contributed by atoms with Crippen LogP contribution in [0.15, 0.2) is 28.7 Å². The maximum absolute atomic E-state index is 5.99. The Bertz CT molecular complexity index is 989. The largest absolute Gasteiger partial charge is 0.493 e. The number of benzene rings is 1. The molecule has 150 valence electrons. The van der Waals surface area contributed by atoms with Gasteiger partial charge < -0.3 is 18.6 Å². The highest BCUT2D eigenvalue weighted by molar-refractivity contribution is 7.71. The summed E-state index contributed by atoms with van der Waals surface area (Å²) in [7, 11) is 6.64. The first-order valence-corrected chi connectivity index (χ1v) is 9.86. The van der Waals surface area contributed by atoms with Crippen LogP contribution in [-0.2, 0) is 13.2 Å². The number of halogens is 1. The van der Waals surface area contributed by atoms with Crippen LogP contribution < -0.4 is 14.2 Å². The molecule has 0 aliphatic carbocycles. The Labute approximate surface area is 177 Å². The summed E-state index contributed by atoms with van der Waals surface area (Å²) in [5, 5.41) is 4.50. The topological polar surface area (TPSA) is 61.9 Å². The van der Waals surface area contributed by atoms with E-state index in [0.29, 0.717) is 35.4 Å². The molecule has 2 heterocycles. The first kappa shape index (κ1) is 20.7. The standard InChI is InChI=1S/C18H20ClN3O4S2/c1-21(9-12-5-6-15(19)28-12)10-22-18(27)26-17(20-22)11-7-13(23-2)16(25-4)14(8-11)24-3/h5-8H,9-10H2,1-4H3. The van der Waals surface area contributed by atoms with Crippen molar-refractivity contribution in [3.8, 4) is 28.7 Å². The van der Waals surface area contributed by atoms with E-state index in [1.807, 2.05) is 19.2 Å². The minimum absolute atomic E-state index is 0.278. The number of nitrogens with zero attached hydrogens (tertiary/aromatic N) is 3. The SMILES string of the molecule is COc1cc(-c2nn(CN(C)Cc3ccc(Cl)s3)c(=S)o2)cc(OC)c1OC. The summed E-state index contributed by atoms with van der Waals surface area (Å²) in [4.78, 5) is 3.51. The predicted octanol–water partition coefficient (Wildman–Crippen LogP) is 4.70. The molecule has 10 heteroatoms. The van der Waals surface area contributed by atoms with Gasteiger partial charge in [-0.2, -0.15) is 0 Å². The summed E-state index contributed by atoms with van der Waals surface area (Å²) >= 11 is 12.9. The average Bonchev–Trinajstić information content (AvgIpc) is 3.25. The normalized spacial score (nSPS) is 11.1. The van der Waals surface area contributed by atoms with Crippen molar-refractivity contribution in [2.75, 3.05) is 28.4 Å². The summed E-state index contributed by atoms with van der Waals surface area (Å²) in [6, 6.07) is 7.43. The Hall–Kier alpha value is -2.07. The van der Waals surface area contributed by atoms with E-state index >= 15 is 0 Å². The van der Waals surface area contributed by atoms with E-state index in [9.17, 15) is 0 Å². The van der Waals surface area contributed by atoms with Gasteiger partial charge in [-0.25, -0.2) is 4.68 Å². The van der Waals surface area contributed by atoms with E-state index in [-0.39, 0.29) is 4.84 Å². The van der Waals surface area contributed by atoms with E-state index in [1.165, 1.54) is 0 Å². The fourth-order valence-corrected chi connectivity index (χ4v) is 4.04. The molecule has 0 fully saturated rings. The second-order valence-electron chi connectivity index (χ2n) is 5.95. The monoisotopic (exact) mass is 441 g/mol. The lowest BCUT2D eigenvalue weighted by Gasteiger charge is -2.14. The fraction of sp³-hybridized carbons (Fsp3) is 0.333. The molecule has 3 aromatic rings. The van der Waals surface area contributed by atoms with Crippen molar-refractivity contribution in [3.63, 3.8) is 0 Å². The van der Waals surface area contributed by atoms with Gasteiger partial charge in [0.15, 0.2) is 11.5 Å². The average molecular weight is 442 g/mol. The maximum Gasteiger partial charge on any atom is 0.288 e. The van der Waals surface area contributed by atoms with Crippen LogP contribution in [0.1, 0.15) is 4.88 Å². The molecular formula is C18H20ClN3O4S2. The molecule has 0 aliphatic heterocycles. The van der Waals surface area contributed by atoms with Gasteiger partial charge in [-0.1, -0.05) is 11.6 Å². The number of hydrogen-bond donors (Lipinski definition) is 0. The zero-order valence-corrected chi connectivity index (χ0v) is 18.3. The third-order valence-corrected chi connectivity index (χ3v) is 5.46. The van der Waals surface area contributed by atoms with Crippen molar-refractivity contribution in [3.05, 3.63) is 38.3 Å². The van der Waals surface area contributed by atoms with Gasteiger partial charge in [0.25, 0.3) is 4.84 Å². The molecule has 3 rings (SSSR count). The van der Waals surface area contributed by atoms with Gasteiger partial charge in [0.2, 0.25) is 11.6 Å². The van der Waals surface area contributed by atoms with Crippen LogP contribution >= 0.6 is 35.2 Å². The molecule has 0 saturated heterocycles. The molecule has 0 aliphatic rings. The molecule has 28 heavy (non-hydrogen) atoms. The van der Waals surface area contributed by atoms with Gasteiger partial charge in [-0.3, -0.25) is 4.90 Å². The second-order valence-corrected chi connectivity index (χ2v) is 8.10. The summed E-state index contributed by atoms with van der Waals surface area (Å²) in [6.45, 7) is 1.20. The van der Waals surface area contributed by atoms with Crippen LogP contribution in [0.4, 0.5) is 0 Å². The smallest absolute Gasteiger partial charge is 0.288 e. The molecule has 0 bridgehead atoms. The minimum Gasteiger partial charge on any atom is -0.493 e. The van der Waals surface area contributed by atoms with Crippen LogP contribution in [0, 0.1) is 4.84 Å². The highest BCUT2D eigenvalue weighted by Gasteiger charge is 2.18. The van der Waals surface area contributed by atoms with Crippen LogP contribution in [0.2, 0.25) is 4.34 Å². The van der Waals surface area contributed by atoms with Gasteiger partial charge in [0, 0.05) is 17.0 Å². The summed E-state index contributed by atoms with van der Waals surface area (Å²) in [6.07, 6.45) is 0. The first-order valence-electron chi connectivity index (χ1n) is 8.26. The first-order chi connectivity index (χ1) is 13.4. The molecule has 0 unspecified atom stereocenters. The highest BCUT2D eigenvalue weighted by Crippen LogP contribution is 2.40. The predicted molar refractivity (Wildman–Crippen MR) is 111 cm³/mol. The lowest BCUT2D eigenvalue weighted by molar-refractivity contribution is 0.242. The molecule has 1 aromatic carbocycles. The van der Waals surface area contributed by atoms with Gasteiger partial charge in [-0.05, 0) is 43.5 Å². The summed E-state index contributed by atoms with van der Waals surface area (Å²) < 4.78 is 24.2. The molecule has 0 saturated carbocycles. The Kier molecular flexibility index (Phi) is 6.61.